The number of benzene rings is 1. The predicted octanol–water partition coefficient (Wildman–Crippen LogP) is 2.59. The molecule has 1 aromatic rings. The van der Waals surface area contributed by atoms with E-state index in [0.717, 1.165) is 19.5 Å². The van der Waals surface area contributed by atoms with Crippen LogP contribution >= 0.6 is 0 Å². The zero-order valence-electron chi connectivity index (χ0n) is 14.5. The van der Waals surface area contributed by atoms with Gasteiger partial charge in [-0.2, -0.15) is 13.2 Å². The van der Waals surface area contributed by atoms with E-state index in [1.165, 1.54) is 11.1 Å². The molecule has 8 heteroatoms. The van der Waals surface area contributed by atoms with E-state index in [-0.39, 0.29) is 11.4 Å². The molecular formula is C17H23F3N2O3. The van der Waals surface area contributed by atoms with Crippen LogP contribution in [0.15, 0.2) is 24.3 Å². The van der Waals surface area contributed by atoms with Gasteiger partial charge < -0.3 is 10.4 Å². The number of amides is 1. The molecular weight excluding hydrogens is 337 g/mol. The van der Waals surface area contributed by atoms with E-state index in [1.807, 2.05) is 0 Å². The Balaban J connectivity index is 0.000000381. The maximum absolute atomic E-state index is 11.0. The third-order valence-corrected chi connectivity index (χ3v) is 4.00. The van der Waals surface area contributed by atoms with Crippen molar-refractivity contribution in [3.63, 3.8) is 0 Å². The summed E-state index contributed by atoms with van der Waals surface area (Å²) in [6.07, 6.45) is -3.99. The van der Waals surface area contributed by atoms with Gasteiger partial charge in [0.05, 0.1) is 0 Å². The number of carbonyl (C=O) groups is 2. The van der Waals surface area contributed by atoms with Crippen molar-refractivity contribution in [3.8, 4) is 0 Å². The molecule has 1 aromatic carbocycles. The summed E-state index contributed by atoms with van der Waals surface area (Å²) >= 11 is 0. The first kappa shape index (κ1) is 21.0. The van der Waals surface area contributed by atoms with E-state index in [9.17, 15) is 18.0 Å². The lowest BCUT2D eigenvalue weighted by Crippen LogP contribution is -2.52. The summed E-state index contributed by atoms with van der Waals surface area (Å²) in [7, 11) is 0. The molecule has 0 spiro atoms. The summed E-state index contributed by atoms with van der Waals surface area (Å²) in [4.78, 5) is 22.4. The Kier molecular flexibility index (Phi) is 6.98. The molecule has 0 saturated carbocycles. The molecule has 0 fully saturated rings. The second-order valence-electron chi connectivity index (χ2n) is 6.47. The molecule has 140 valence electrons. The number of carbonyl (C=O) groups excluding carboxylic acids is 1. The third kappa shape index (κ3) is 6.74. The zero-order chi connectivity index (χ0) is 19.3. The van der Waals surface area contributed by atoms with Crippen LogP contribution in [0.3, 0.4) is 0 Å². The molecule has 1 aliphatic rings. The maximum atomic E-state index is 11.0. The van der Waals surface area contributed by atoms with Crippen molar-refractivity contribution in [1.82, 2.24) is 10.2 Å². The first-order valence-electron chi connectivity index (χ1n) is 7.80. The second-order valence-corrected chi connectivity index (χ2v) is 6.47. The van der Waals surface area contributed by atoms with Crippen LogP contribution < -0.4 is 5.32 Å². The second kappa shape index (κ2) is 8.33. The van der Waals surface area contributed by atoms with Crippen molar-refractivity contribution in [1.29, 1.82) is 0 Å². The summed E-state index contributed by atoms with van der Waals surface area (Å²) in [5.74, 6) is -2.71. The van der Waals surface area contributed by atoms with Crippen LogP contribution in [0.25, 0.3) is 0 Å². The maximum Gasteiger partial charge on any atom is 0.490 e. The monoisotopic (exact) mass is 360 g/mol. The van der Waals surface area contributed by atoms with Crippen LogP contribution in [-0.4, -0.2) is 46.7 Å². The highest BCUT2D eigenvalue weighted by Gasteiger charge is 2.38. The number of nitrogens with one attached hydrogen (secondary N) is 1. The fourth-order valence-electron chi connectivity index (χ4n) is 2.46. The molecule has 1 heterocycles. The molecule has 0 radical (unpaired) electrons. The number of hydrogen-bond donors (Lipinski definition) is 2. The normalized spacial score (nSPS) is 14.8. The summed E-state index contributed by atoms with van der Waals surface area (Å²) in [6.45, 7) is 8.69. The molecule has 0 aromatic heterocycles. The summed E-state index contributed by atoms with van der Waals surface area (Å²) in [5, 5.41) is 10.1. The van der Waals surface area contributed by atoms with Crippen LogP contribution in [0.5, 0.6) is 0 Å². The average molecular weight is 360 g/mol. The summed E-state index contributed by atoms with van der Waals surface area (Å²) in [5.41, 5.74) is 2.88. The number of halogens is 3. The topological polar surface area (TPSA) is 69.6 Å². The van der Waals surface area contributed by atoms with E-state index in [2.05, 4.69) is 48.3 Å². The lowest BCUT2D eigenvalue weighted by molar-refractivity contribution is -0.192. The number of nitrogens with zero attached hydrogens (tertiary/aromatic N) is 1. The quantitative estimate of drug-likeness (QED) is 0.869. The Morgan fingerprint density at radius 2 is 1.72 bits per heavy atom. The van der Waals surface area contributed by atoms with Crippen LogP contribution in [0.1, 0.15) is 31.9 Å². The average Bonchev–Trinajstić information content (AvgIpc) is 2.52. The third-order valence-electron chi connectivity index (χ3n) is 4.00. The van der Waals surface area contributed by atoms with Crippen LogP contribution in [0, 0.1) is 0 Å². The molecule has 5 nitrogen and oxygen atoms in total. The minimum Gasteiger partial charge on any atom is -0.475 e. The van der Waals surface area contributed by atoms with Gasteiger partial charge in [-0.1, -0.05) is 24.3 Å². The number of rotatable bonds is 3. The van der Waals surface area contributed by atoms with Gasteiger partial charge in [-0.25, -0.2) is 4.79 Å². The molecule has 2 rings (SSSR count). The highest BCUT2D eigenvalue weighted by Crippen LogP contribution is 2.24. The van der Waals surface area contributed by atoms with Crippen molar-refractivity contribution < 1.29 is 27.9 Å². The minimum atomic E-state index is -5.08. The molecule has 1 aliphatic heterocycles. The van der Waals surface area contributed by atoms with Crippen LogP contribution in [-0.2, 0) is 22.6 Å². The van der Waals surface area contributed by atoms with E-state index in [4.69, 9.17) is 9.90 Å². The van der Waals surface area contributed by atoms with Crippen molar-refractivity contribution in [2.75, 3.05) is 13.1 Å². The number of hydrogen-bond acceptors (Lipinski definition) is 3. The zero-order valence-corrected chi connectivity index (χ0v) is 14.5. The van der Waals surface area contributed by atoms with Crippen molar-refractivity contribution in [3.05, 3.63) is 35.4 Å². The van der Waals surface area contributed by atoms with Gasteiger partial charge in [0, 0.05) is 32.1 Å². The SMILES string of the molecule is CC(=O)NCC(C)(C)N1CCc2ccccc2C1.O=C(O)C(F)(F)F. The van der Waals surface area contributed by atoms with Gasteiger partial charge in [0.1, 0.15) is 0 Å². The number of carboxylic acids is 1. The number of aliphatic carboxylic acids is 1. The first-order chi connectivity index (χ1) is 11.4. The smallest absolute Gasteiger partial charge is 0.475 e. The standard InChI is InChI=1S/C15H22N2O.C2HF3O2/c1-12(18)16-11-15(2,3)17-9-8-13-6-4-5-7-14(13)10-17;3-2(4,5)1(6)7/h4-7H,8-11H2,1-3H3,(H,16,18);(H,6,7). The van der Waals surface area contributed by atoms with Crippen LogP contribution in [0.2, 0.25) is 0 Å². The predicted molar refractivity (Wildman–Crippen MR) is 87.0 cm³/mol. The lowest BCUT2D eigenvalue weighted by Gasteiger charge is -2.41. The van der Waals surface area contributed by atoms with Gasteiger partial charge in [0.25, 0.3) is 0 Å². The Morgan fingerprint density at radius 1 is 1.20 bits per heavy atom. The number of alkyl halides is 3. The Hall–Kier alpha value is -2.09. The molecule has 0 bridgehead atoms. The van der Waals surface area contributed by atoms with E-state index in [1.54, 1.807) is 6.92 Å². The number of carboxylic acid groups (broad SMARTS) is 1. The molecule has 0 unspecified atom stereocenters. The fourth-order valence-corrected chi connectivity index (χ4v) is 2.46. The van der Waals surface area contributed by atoms with E-state index < -0.39 is 12.1 Å². The fraction of sp³-hybridized carbons (Fsp3) is 0.529. The van der Waals surface area contributed by atoms with E-state index in [0.29, 0.717) is 6.54 Å². The Bertz CT molecular complexity index is 615. The van der Waals surface area contributed by atoms with Gasteiger partial charge in [-0.3, -0.25) is 9.69 Å². The Morgan fingerprint density at radius 3 is 2.20 bits per heavy atom. The van der Waals surface area contributed by atoms with Gasteiger partial charge in [-0.05, 0) is 31.4 Å². The molecule has 1 amide bonds. The van der Waals surface area contributed by atoms with Crippen LogP contribution in [0.4, 0.5) is 13.2 Å². The van der Waals surface area contributed by atoms with Gasteiger partial charge in [0.15, 0.2) is 0 Å². The van der Waals surface area contributed by atoms with Crippen molar-refractivity contribution in [2.24, 2.45) is 0 Å². The summed E-state index contributed by atoms with van der Waals surface area (Å²) < 4.78 is 31.7. The summed E-state index contributed by atoms with van der Waals surface area (Å²) in [6, 6.07) is 8.63. The number of fused-ring (bicyclic) bond motifs is 1. The largest absolute Gasteiger partial charge is 0.490 e. The van der Waals surface area contributed by atoms with Gasteiger partial charge in [-0.15, -0.1) is 0 Å². The molecule has 0 saturated heterocycles. The molecule has 25 heavy (non-hydrogen) atoms. The van der Waals surface area contributed by atoms with Crippen molar-refractivity contribution in [2.45, 2.75) is 45.5 Å². The Labute approximate surface area is 144 Å². The molecule has 2 N–H and O–H groups in total. The molecule has 0 atom stereocenters. The van der Waals surface area contributed by atoms with Crippen molar-refractivity contribution >= 4 is 11.9 Å². The van der Waals surface area contributed by atoms with Gasteiger partial charge >= 0.3 is 12.1 Å². The van der Waals surface area contributed by atoms with E-state index >= 15 is 0 Å². The first-order valence-corrected chi connectivity index (χ1v) is 7.80. The highest BCUT2D eigenvalue weighted by atomic mass is 19.4. The van der Waals surface area contributed by atoms with Gasteiger partial charge in [0.2, 0.25) is 5.91 Å². The highest BCUT2D eigenvalue weighted by molar-refractivity contribution is 5.73. The molecule has 0 aliphatic carbocycles. The lowest BCUT2D eigenvalue weighted by atomic mass is 9.94. The minimum absolute atomic E-state index is 0.000792.